The zero-order chi connectivity index (χ0) is 22.7. The molecule has 2 heterocycles. The molecule has 0 spiro atoms. The number of benzene rings is 2. The summed E-state index contributed by atoms with van der Waals surface area (Å²) in [7, 11) is -3.94. The summed E-state index contributed by atoms with van der Waals surface area (Å²) in [6, 6.07) is 19.5. The topological polar surface area (TPSA) is 81.2 Å². The summed E-state index contributed by atoms with van der Waals surface area (Å²) in [5.41, 5.74) is 3.61. The third-order valence-corrected chi connectivity index (χ3v) is 6.33. The quantitative estimate of drug-likeness (QED) is 0.377. The Balaban J connectivity index is 1.67. The third kappa shape index (κ3) is 4.90. The van der Waals surface area contributed by atoms with Crippen LogP contribution in [0.3, 0.4) is 0 Å². The van der Waals surface area contributed by atoms with Gasteiger partial charge in [-0.3, -0.25) is 9.71 Å². The van der Waals surface area contributed by atoms with Gasteiger partial charge in [-0.05, 0) is 55.3 Å². The van der Waals surface area contributed by atoms with Crippen LogP contribution in [0.2, 0.25) is 5.02 Å². The molecule has 0 saturated heterocycles. The highest BCUT2D eigenvalue weighted by molar-refractivity contribution is 7.92. The fourth-order valence-electron chi connectivity index (χ4n) is 3.06. The number of pyridine rings is 2. The fourth-order valence-corrected chi connectivity index (χ4v) is 4.31. The van der Waals surface area contributed by atoms with Gasteiger partial charge in [0.2, 0.25) is 5.88 Å². The molecule has 0 aliphatic heterocycles. The predicted molar refractivity (Wildman–Crippen MR) is 126 cm³/mol. The van der Waals surface area contributed by atoms with E-state index in [-0.39, 0.29) is 21.5 Å². The molecule has 4 rings (SSSR count). The van der Waals surface area contributed by atoms with E-state index in [0.717, 1.165) is 16.7 Å². The molecule has 2 aromatic carbocycles. The molecule has 0 radical (unpaired) electrons. The molecule has 4 aromatic rings. The van der Waals surface area contributed by atoms with Crippen molar-refractivity contribution < 1.29 is 13.2 Å². The van der Waals surface area contributed by atoms with E-state index < -0.39 is 10.0 Å². The molecule has 0 amide bonds. The minimum Gasteiger partial charge on any atom is -0.435 e. The summed E-state index contributed by atoms with van der Waals surface area (Å²) in [5.74, 6) is 0.535. The van der Waals surface area contributed by atoms with Crippen molar-refractivity contribution in [2.75, 3.05) is 4.72 Å². The lowest BCUT2D eigenvalue weighted by atomic mass is 10.0. The summed E-state index contributed by atoms with van der Waals surface area (Å²) in [4.78, 5) is 8.44. The number of aryl methyl sites for hydroxylation is 2. The molecule has 8 heteroatoms. The molecular formula is C24H20ClN3O3S. The van der Waals surface area contributed by atoms with Crippen molar-refractivity contribution in [3.05, 3.63) is 95.4 Å². The van der Waals surface area contributed by atoms with Crippen molar-refractivity contribution in [2.24, 2.45) is 0 Å². The Bertz CT molecular complexity index is 1370. The van der Waals surface area contributed by atoms with Crippen LogP contribution in [-0.4, -0.2) is 18.4 Å². The lowest BCUT2D eigenvalue weighted by Gasteiger charge is -2.14. The Labute approximate surface area is 191 Å². The van der Waals surface area contributed by atoms with Gasteiger partial charge < -0.3 is 4.74 Å². The standard InChI is InChI=1S/C24H20ClN3O3S/c1-16-8-10-18(11-9-16)19-5-3-6-21(13-19)32(29,30)28-22-14-20(25)15-27-24(22)31-23-7-4-12-26-17(23)2/h3-15,28H,1-2H3. The lowest BCUT2D eigenvalue weighted by molar-refractivity contribution is 0.459. The summed E-state index contributed by atoms with van der Waals surface area (Å²) < 4.78 is 34.7. The van der Waals surface area contributed by atoms with Crippen molar-refractivity contribution in [1.29, 1.82) is 0 Å². The first kappa shape index (κ1) is 21.8. The number of ether oxygens (including phenoxy) is 1. The Hall–Kier alpha value is -3.42. The first-order valence-corrected chi connectivity index (χ1v) is 11.6. The van der Waals surface area contributed by atoms with E-state index in [1.54, 1.807) is 37.4 Å². The minimum atomic E-state index is -3.94. The van der Waals surface area contributed by atoms with Crippen LogP contribution >= 0.6 is 11.6 Å². The molecule has 1 N–H and O–H groups in total. The van der Waals surface area contributed by atoms with Gasteiger partial charge in [0.15, 0.2) is 5.75 Å². The van der Waals surface area contributed by atoms with Crippen molar-refractivity contribution in [3.8, 4) is 22.8 Å². The number of hydrogen-bond donors (Lipinski definition) is 1. The number of nitrogens with zero attached hydrogens (tertiary/aromatic N) is 2. The number of halogens is 1. The van der Waals surface area contributed by atoms with Gasteiger partial charge in [-0.15, -0.1) is 0 Å². The molecule has 32 heavy (non-hydrogen) atoms. The van der Waals surface area contributed by atoms with Crippen LogP contribution in [0.4, 0.5) is 5.69 Å². The van der Waals surface area contributed by atoms with Crippen LogP contribution in [0, 0.1) is 13.8 Å². The van der Waals surface area contributed by atoms with Crippen LogP contribution in [-0.2, 0) is 10.0 Å². The first-order chi connectivity index (χ1) is 15.3. The van der Waals surface area contributed by atoms with Crippen molar-refractivity contribution in [2.45, 2.75) is 18.7 Å². The van der Waals surface area contributed by atoms with Gasteiger partial charge in [-0.1, -0.05) is 53.6 Å². The molecule has 6 nitrogen and oxygen atoms in total. The average molecular weight is 466 g/mol. The second-order valence-electron chi connectivity index (χ2n) is 7.19. The number of anilines is 1. The van der Waals surface area contributed by atoms with E-state index >= 15 is 0 Å². The molecule has 0 fully saturated rings. The normalized spacial score (nSPS) is 11.2. The highest BCUT2D eigenvalue weighted by atomic mass is 35.5. The monoisotopic (exact) mass is 465 g/mol. The smallest absolute Gasteiger partial charge is 0.262 e. The van der Waals surface area contributed by atoms with Gasteiger partial charge in [-0.25, -0.2) is 13.4 Å². The Morgan fingerprint density at radius 3 is 2.44 bits per heavy atom. The van der Waals surface area contributed by atoms with Crippen LogP contribution in [0.25, 0.3) is 11.1 Å². The van der Waals surface area contributed by atoms with Crippen molar-refractivity contribution in [3.63, 3.8) is 0 Å². The molecule has 0 bridgehead atoms. The van der Waals surface area contributed by atoms with Gasteiger partial charge >= 0.3 is 0 Å². The first-order valence-electron chi connectivity index (χ1n) is 9.77. The zero-order valence-electron chi connectivity index (χ0n) is 17.4. The molecule has 0 aliphatic carbocycles. The number of nitrogens with one attached hydrogen (secondary N) is 1. The van der Waals surface area contributed by atoms with Gasteiger partial charge in [0.25, 0.3) is 10.0 Å². The highest BCUT2D eigenvalue weighted by Gasteiger charge is 2.19. The van der Waals surface area contributed by atoms with E-state index in [0.29, 0.717) is 11.4 Å². The van der Waals surface area contributed by atoms with Crippen molar-refractivity contribution >= 4 is 27.3 Å². The highest BCUT2D eigenvalue weighted by Crippen LogP contribution is 2.32. The van der Waals surface area contributed by atoms with E-state index in [2.05, 4.69) is 14.7 Å². The van der Waals surface area contributed by atoms with E-state index in [1.807, 2.05) is 37.3 Å². The predicted octanol–water partition coefficient (Wildman–Crippen LogP) is 6.01. The summed E-state index contributed by atoms with van der Waals surface area (Å²) in [6.07, 6.45) is 3.03. The Morgan fingerprint density at radius 2 is 1.69 bits per heavy atom. The zero-order valence-corrected chi connectivity index (χ0v) is 19.0. The van der Waals surface area contributed by atoms with Crippen LogP contribution in [0.5, 0.6) is 11.6 Å². The second-order valence-corrected chi connectivity index (χ2v) is 9.31. The van der Waals surface area contributed by atoms with Gasteiger partial charge in [-0.2, -0.15) is 0 Å². The molecule has 0 aliphatic rings. The average Bonchev–Trinajstić information content (AvgIpc) is 2.77. The molecule has 0 unspecified atom stereocenters. The lowest BCUT2D eigenvalue weighted by Crippen LogP contribution is -2.14. The second kappa shape index (κ2) is 8.98. The van der Waals surface area contributed by atoms with Crippen LogP contribution in [0.15, 0.2) is 84.0 Å². The Morgan fingerprint density at radius 1 is 0.906 bits per heavy atom. The molecule has 2 aromatic heterocycles. The maximum Gasteiger partial charge on any atom is 0.262 e. The summed E-state index contributed by atoms with van der Waals surface area (Å²) in [6.45, 7) is 3.78. The minimum absolute atomic E-state index is 0.0729. The maximum atomic E-state index is 13.2. The largest absolute Gasteiger partial charge is 0.435 e. The summed E-state index contributed by atoms with van der Waals surface area (Å²) >= 11 is 6.08. The van der Waals surface area contributed by atoms with Crippen LogP contribution < -0.4 is 9.46 Å². The SMILES string of the molecule is Cc1ccc(-c2cccc(S(=O)(=O)Nc3cc(Cl)cnc3Oc3cccnc3C)c2)cc1. The fraction of sp³-hybridized carbons (Fsp3) is 0.0833. The molecule has 162 valence electrons. The van der Waals surface area contributed by atoms with Crippen LogP contribution in [0.1, 0.15) is 11.3 Å². The van der Waals surface area contributed by atoms with Gasteiger partial charge in [0, 0.05) is 12.4 Å². The van der Waals surface area contributed by atoms with E-state index in [4.69, 9.17) is 16.3 Å². The Kier molecular flexibility index (Phi) is 6.12. The molecule has 0 atom stereocenters. The number of hydrogen-bond acceptors (Lipinski definition) is 5. The molecule has 0 saturated carbocycles. The number of sulfonamides is 1. The van der Waals surface area contributed by atoms with Gasteiger partial charge in [0.05, 0.1) is 15.6 Å². The van der Waals surface area contributed by atoms with E-state index in [1.165, 1.54) is 18.3 Å². The number of rotatable bonds is 6. The number of aromatic nitrogens is 2. The van der Waals surface area contributed by atoms with Gasteiger partial charge in [0.1, 0.15) is 5.69 Å². The molecular weight excluding hydrogens is 446 g/mol. The van der Waals surface area contributed by atoms with Crippen molar-refractivity contribution in [1.82, 2.24) is 9.97 Å². The third-order valence-electron chi connectivity index (χ3n) is 4.76. The van der Waals surface area contributed by atoms with E-state index in [9.17, 15) is 8.42 Å². The summed E-state index contributed by atoms with van der Waals surface area (Å²) in [5, 5.41) is 0.270. The maximum absolute atomic E-state index is 13.2.